The number of carbonyl (C=O) groups excluding carboxylic acids is 2. The maximum atomic E-state index is 13.1. The van der Waals surface area contributed by atoms with Gasteiger partial charge in [-0.2, -0.15) is 5.26 Å². The summed E-state index contributed by atoms with van der Waals surface area (Å²) >= 11 is 0. The molecule has 0 aliphatic carbocycles. The molecule has 0 radical (unpaired) electrons. The van der Waals surface area contributed by atoms with Crippen LogP contribution >= 0.6 is 0 Å². The number of aromatic nitrogens is 1. The lowest BCUT2D eigenvalue weighted by Crippen LogP contribution is -2.38. The van der Waals surface area contributed by atoms with Gasteiger partial charge < -0.3 is 19.9 Å². The van der Waals surface area contributed by atoms with Crippen LogP contribution in [0.15, 0.2) is 42.6 Å². The van der Waals surface area contributed by atoms with Crippen LogP contribution in [-0.2, 0) is 9.59 Å². The Morgan fingerprint density at radius 3 is 2.65 bits per heavy atom. The highest BCUT2D eigenvalue weighted by atomic mass is 16.5. The molecule has 3 rings (SSSR count). The van der Waals surface area contributed by atoms with Crippen LogP contribution in [0, 0.1) is 11.3 Å². The van der Waals surface area contributed by atoms with Crippen molar-refractivity contribution in [1.82, 2.24) is 15.2 Å². The van der Waals surface area contributed by atoms with Gasteiger partial charge in [0.1, 0.15) is 17.6 Å². The second kappa shape index (κ2) is 10.4. The molecule has 1 atom stereocenters. The summed E-state index contributed by atoms with van der Waals surface area (Å²) in [6.07, 6.45) is 2.64. The predicted molar refractivity (Wildman–Crippen MR) is 117 cm³/mol. The summed E-state index contributed by atoms with van der Waals surface area (Å²) in [5.41, 5.74) is 1.39. The van der Waals surface area contributed by atoms with E-state index in [1.165, 1.54) is 6.92 Å². The fraction of sp³-hybridized carbons (Fsp3) is 0.391. The minimum absolute atomic E-state index is 0.0158. The Labute approximate surface area is 182 Å². The molecule has 2 aromatic rings. The van der Waals surface area contributed by atoms with Crippen molar-refractivity contribution in [3.8, 4) is 11.8 Å². The van der Waals surface area contributed by atoms with Gasteiger partial charge >= 0.3 is 0 Å². The summed E-state index contributed by atoms with van der Waals surface area (Å²) in [6.45, 7) is 3.94. The van der Waals surface area contributed by atoms with Gasteiger partial charge in [0.05, 0.1) is 25.1 Å². The average molecular weight is 422 g/mol. The summed E-state index contributed by atoms with van der Waals surface area (Å²) in [4.78, 5) is 33.0. The van der Waals surface area contributed by atoms with Crippen molar-refractivity contribution in [1.29, 1.82) is 5.26 Å². The van der Waals surface area contributed by atoms with Crippen molar-refractivity contribution in [2.24, 2.45) is 0 Å². The molecule has 31 heavy (non-hydrogen) atoms. The summed E-state index contributed by atoms with van der Waals surface area (Å²) in [5.74, 6) is 1.18. The zero-order valence-corrected chi connectivity index (χ0v) is 17.9. The van der Waals surface area contributed by atoms with Crippen LogP contribution in [0.4, 0.5) is 5.82 Å². The van der Waals surface area contributed by atoms with Gasteiger partial charge in [-0.15, -0.1) is 0 Å². The van der Waals surface area contributed by atoms with Gasteiger partial charge in [0.15, 0.2) is 0 Å². The lowest BCUT2D eigenvalue weighted by Gasteiger charge is -2.25. The molecule has 1 aliphatic heterocycles. The van der Waals surface area contributed by atoms with E-state index in [0.717, 1.165) is 24.3 Å². The van der Waals surface area contributed by atoms with Gasteiger partial charge in [0.25, 0.3) is 0 Å². The van der Waals surface area contributed by atoms with Gasteiger partial charge in [-0.05, 0) is 36.2 Å². The van der Waals surface area contributed by atoms with Crippen molar-refractivity contribution < 1.29 is 14.3 Å². The van der Waals surface area contributed by atoms with Crippen LogP contribution < -0.4 is 15.0 Å². The molecule has 1 fully saturated rings. The van der Waals surface area contributed by atoms with Gasteiger partial charge in [-0.25, -0.2) is 4.98 Å². The van der Waals surface area contributed by atoms with E-state index in [4.69, 9.17) is 4.74 Å². The first-order valence-corrected chi connectivity index (χ1v) is 10.3. The number of nitriles is 1. The van der Waals surface area contributed by atoms with Crippen LogP contribution in [0.1, 0.15) is 36.9 Å². The maximum absolute atomic E-state index is 13.1. The van der Waals surface area contributed by atoms with Gasteiger partial charge in [-0.3, -0.25) is 9.59 Å². The van der Waals surface area contributed by atoms with Crippen molar-refractivity contribution >= 4 is 17.6 Å². The first kappa shape index (κ1) is 22.1. The van der Waals surface area contributed by atoms with E-state index in [1.54, 1.807) is 25.4 Å². The standard InChI is InChI=1S/C23H27N5O3/c1-17(29)26-21(18-6-8-20(31-2)9-7-18)15-22(30)27-11-4-12-28(14-13-27)23-19(16-24)5-3-10-25-23/h3,5-10,21H,4,11-15H2,1-2H3,(H,26,29). The third-order valence-electron chi connectivity index (χ3n) is 5.33. The highest BCUT2D eigenvalue weighted by molar-refractivity contribution is 5.79. The topological polar surface area (TPSA) is 98.6 Å². The molecular formula is C23H27N5O3. The summed E-state index contributed by atoms with van der Waals surface area (Å²) < 4.78 is 5.19. The lowest BCUT2D eigenvalue weighted by atomic mass is 10.0. The van der Waals surface area contributed by atoms with Crippen LogP contribution in [-0.4, -0.2) is 55.0 Å². The quantitative estimate of drug-likeness (QED) is 0.768. The Kier molecular flexibility index (Phi) is 7.44. The molecule has 1 aromatic heterocycles. The third kappa shape index (κ3) is 5.72. The maximum Gasteiger partial charge on any atom is 0.225 e. The number of nitrogens with one attached hydrogen (secondary N) is 1. The first-order chi connectivity index (χ1) is 15.0. The van der Waals surface area contributed by atoms with E-state index in [2.05, 4.69) is 21.3 Å². The zero-order chi connectivity index (χ0) is 22.2. The summed E-state index contributed by atoms with van der Waals surface area (Å²) in [6, 6.07) is 12.6. The molecule has 2 heterocycles. The van der Waals surface area contributed by atoms with E-state index in [0.29, 0.717) is 31.0 Å². The molecule has 8 nitrogen and oxygen atoms in total. The fourth-order valence-corrected chi connectivity index (χ4v) is 3.75. The predicted octanol–water partition coefficient (Wildman–Crippen LogP) is 2.27. The number of pyridine rings is 1. The highest BCUT2D eigenvalue weighted by Gasteiger charge is 2.24. The molecule has 1 aliphatic rings. The minimum Gasteiger partial charge on any atom is -0.497 e. The number of carbonyl (C=O) groups is 2. The van der Waals surface area contributed by atoms with Crippen molar-refractivity contribution in [2.75, 3.05) is 38.2 Å². The van der Waals surface area contributed by atoms with Crippen LogP contribution in [0.25, 0.3) is 0 Å². The third-order valence-corrected chi connectivity index (χ3v) is 5.33. The molecule has 0 bridgehead atoms. The normalized spacial score (nSPS) is 14.9. The lowest BCUT2D eigenvalue weighted by molar-refractivity contribution is -0.131. The molecule has 0 spiro atoms. The SMILES string of the molecule is COc1ccc(C(CC(=O)N2CCCN(c3ncccc3C#N)CC2)NC(C)=O)cc1. The van der Waals surface area contributed by atoms with Crippen molar-refractivity contribution in [2.45, 2.75) is 25.8 Å². The molecule has 1 unspecified atom stereocenters. The van der Waals surface area contributed by atoms with E-state index < -0.39 is 6.04 Å². The second-order valence-electron chi connectivity index (χ2n) is 7.44. The van der Waals surface area contributed by atoms with E-state index in [1.807, 2.05) is 29.2 Å². The minimum atomic E-state index is -0.406. The summed E-state index contributed by atoms with van der Waals surface area (Å²) in [5, 5.41) is 12.2. The van der Waals surface area contributed by atoms with E-state index in [9.17, 15) is 14.9 Å². The molecule has 1 saturated heterocycles. The van der Waals surface area contributed by atoms with Crippen LogP contribution in [0.3, 0.4) is 0 Å². The smallest absolute Gasteiger partial charge is 0.225 e. The van der Waals surface area contributed by atoms with E-state index >= 15 is 0 Å². The Hall–Kier alpha value is -3.60. The average Bonchev–Trinajstić information content (AvgIpc) is 3.04. The number of methoxy groups -OCH3 is 1. The molecule has 1 aromatic carbocycles. The largest absolute Gasteiger partial charge is 0.497 e. The molecular weight excluding hydrogens is 394 g/mol. The number of ether oxygens (including phenoxy) is 1. The number of hydrogen-bond donors (Lipinski definition) is 1. The van der Waals surface area contributed by atoms with Gasteiger partial charge in [-0.1, -0.05) is 12.1 Å². The summed E-state index contributed by atoms with van der Waals surface area (Å²) in [7, 11) is 1.59. The number of anilines is 1. The Bertz CT molecular complexity index is 954. The van der Waals surface area contributed by atoms with Crippen LogP contribution in [0.5, 0.6) is 5.75 Å². The number of hydrogen-bond acceptors (Lipinski definition) is 6. The Balaban J connectivity index is 1.68. The molecule has 0 saturated carbocycles. The molecule has 2 amide bonds. The second-order valence-corrected chi connectivity index (χ2v) is 7.44. The van der Waals surface area contributed by atoms with Gasteiger partial charge in [0, 0.05) is 39.3 Å². The number of amides is 2. The monoisotopic (exact) mass is 421 g/mol. The Morgan fingerprint density at radius 2 is 1.97 bits per heavy atom. The van der Waals surface area contributed by atoms with Gasteiger partial charge in [0.2, 0.25) is 11.8 Å². The fourth-order valence-electron chi connectivity index (χ4n) is 3.75. The Morgan fingerprint density at radius 1 is 1.19 bits per heavy atom. The molecule has 1 N–H and O–H groups in total. The number of benzene rings is 1. The highest BCUT2D eigenvalue weighted by Crippen LogP contribution is 2.23. The zero-order valence-electron chi connectivity index (χ0n) is 17.9. The number of rotatable bonds is 6. The number of nitrogens with zero attached hydrogens (tertiary/aromatic N) is 4. The molecule has 162 valence electrons. The van der Waals surface area contributed by atoms with Crippen LogP contribution in [0.2, 0.25) is 0 Å². The first-order valence-electron chi connectivity index (χ1n) is 10.3. The van der Waals surface area contributed by atoms with Crippen molar-refractivity contribution in [3.63, 3.8) is 0 Å². The molecule has 8 heteroatoms. The van der Waals surface area contributed by atoms with E-state index in [-0.39, 0.29) is 18.2 Å². The van der Waals surface area contributed by atoms with Crippen molar-refractivity contribution in [3.05, 3.63) is 53.7 Å².